The lowest BCUT2D eigenvalue weighted by Gasteiger charge is -2.16. The zero-order valence-electron chi connectivity index (χ0n) is 12.3. The van der Waals surface area contributed by atoms with Crippen LogP contribution < -0.4 is 16.4 Å². The fraction of sp³-hybridized carbons (Fsp3) is 0.462. The molecule has 0 fully saturated rings. The van der Waals surface area contributed by atoms with Gasteiger partial charge in [-0.25, -0.2) is 4.98 Å². The number of hydrogen-bond donors (Lipinski definition) is 4. The fourth-order valence-electron chi connectivity index (χ4n) is 1.94. The molecule has 21 heavy (non-hydrogen) atoms. The zero-order valence-corrected chi connectivity index (χ0v) is 13.1. The minimum Gasteiger partial charge on any atom is -0.382 e. The zero-order chi connectivity index (χ0) is 15.4. The molecule has 0 saturated carbocycles. The molecule has 7 nitrogen and oxygen atoms in total. The van der Waals surface area contributed by atoms with Gasteiger partial charge in [0.2, 0.25) is 0 Å². The molecule has 2 rings (SSSR count). The van der Waals surface area contributed by atoms with Crippen LogP contribution in [0.3, 0.4) is 0 Å². The molecule has 0 aliphatic carbocycles. The van der Waals surface area contributed by atoms with E-state index in [2.05, 4.69) is 25.0 Å². The van der Waals surface area contributed by atoms with Crippen LogP contribution in [0.5, 0.6) is 0 Å². The third kappa shape index (κ3) is 3.52. The van der Waals surface area contributed by atoms with Crippen LogP contribution in [0.2, 0.25) is 0 Å². The van der Waals surface area contributed by atoms with Crippen LogP contribution in [0.4, 0.5) is 10.8 Å². The first-order chi connectivity index (χ1) is 10.0. The van der Waals surface area contributed by atoms with E-state index in [1.54, 1.807) is 12.4 Å². The molecule has 0 saturated heterocycles. The summed E-state index contributed by atoms with van der Waals surface area (Å²) in [6.07, 6.45) is 4.29. The van der Waals surface area contributed by atoms with Crippen molar-refractivity contribution in [1.29, 1.82) is 0 Å². The summed E-state index contributed by atoms with van der Waals surface area (Å²) >= 11 is 1.18. The van der Waals surface area contributed by atoms with Gasteiger partial charge in [0.05, 0.1) is 6.04 Å². The van der Waals surface area contributed by atoms with Gasteiger partial charge in [-0.3, -0.25) is 4.79 Å². The topological polar surface area (TPSA) is 109 Å². The smallest absolute Gasteiger partial charge is 0.258 e. The Morgan fingerprint density at radius 2 is 2.29 bits per heavy atom. The van der Waals surface area contributed by atoms with Gasteiger partial charge in [-0.15, -0.1) is 0 Å². The first kappa shape index (κ1) is 15.3. The number of carbonyl (C=O) groups excluding carboxylic acids is 1. The number of aromatic nitrogens is 3. The van der Waals surface area contributed by atoms with E-state index < -0.39 is 0 Å². The van der Waals surface area contributed by atoms with Gasteiger partial charge < -0.3 is 21.4 Å². The lowest BCUT2D eigenvalue weighted by atomic mass is 10.2. The lowest BCUT2D eigenvalue weighted by Crippen LogP contribution is -2.31. The Bertz CT molecular complexity index is 592. The van der Waals surface area contributed by atoms with Gasteiger partial charge in [-0.2, -0.15) is 4.37 Å². The number of hydrogen-bond acceptors (Lipinski definition) is 6. The summed E-state index contributed by atoms with van der Waals surface area (Å²) < 4.78 is 4.08. The highest BCUT2D eigenvalue weighted by Crippen LogP contribution is 2.30. The molecule has 0 spiro atoms. The van der Waals surface area contributed by atoms with Gasteiger partial charge >= 0.3 is 0 Å². The number of rotatable bonds is 6. The number of aromatic amines is 1. The summed E-state index contributed by atoms with van der Waals surface area (Å²) in [5.74, 6) is 0.850. The number of imidazole rings is 1. The van der Waals surface area contributed by atoms with Crippen molar-refractivity contribution in [2.24, 2.45) is 0 Å². The number of nitrogens with two attached hydrogens (primary N) is 1. The van der Waals surface area contributed by atoms with E-state index in [1.165, 1.54) is 11.5 Å². The maximum absolute atomic E-state index is 12.2. The van der Waals surface area contributed by atoms with Crippen LogP contribution in [-0.4, -0.2) is 26.3 Å². The first-order valence-corrected chi connectivity index (χ1v) is 7.62. The van der Waals surface area contributed by atoms with E-state index in [4.69, 9.17) is 5.73 Å². The summed E-state index contributed by atoms with van der Waals surface area (Å²) in [6, 6.07) is 0.0159. The molecule has 0 aromatic carbocycles. The number of nitrogen functional groups attached to an aromatic ring is 1. The Morgan fingerprint density at radius 1 is 1.52 bits per heavy atom. The highest BCUT2D eigenvalue weighted by atomic mass is 32.1. The second-order valence-corrected chi connectivity index (χ2v) is 5.75. The molecule has 0 aliphatic heterocycles. The molecule has 0 aliphatic rings. The third-order valence-corrected chi connectivity index (χ3v) is 3.72. The number of nitrogens with zero attached hydrogens (tertiary/aromatic N) is 2. The number of nitrogens with one attached hydrogen (secondary N) is 3. The van der Waals surface area contributed by atoms with Gasteiger partial charge in [0.25, 0.3) is 5.91 Å². The Balaban J connectivity index is 2.22. The van der Waals surface area contributed by atoms with Gasteiger partial charge in [0.15, 0.2) is 5.82 Å². The van der Waals surface area contributed by atoms with Crippen molar-refractivity contribution in [2.45, 2.75) is 39.3 Å². The third-order valence-electron chi connectivity index (χ3n) is 2.93. The largest absolute Gasteiger partial charge is 0.382 e. The fourth-order valence-corrected chi connectivity index (χ4v) is 2.71. The standard InChI is InChI=1S/C13H20N6OS/c1-4-8(11-15-5-6-16-11)18-13-9(10(14)19-21-13)12(20)17-7(2)3/h5-8,18H,4H2,1-3H3,(H2,14,19)(H,15,16)(H,17,20). The maximum atomic E-state index is 12.2. The second-order valence-electron chi connectivity index (χ2n) is 4.98. The van der Waals surface area contributed by atoms with Crippen LogP contribution in [0.15, 0.2) is 12.4 Å². The number of carbonyl (C=O) groups is 1. The van der Waals surface area contributed by atoms with E-state index >= 15 is 0 Å². The van der Waals surface area contributed by atoms with Gasteiger partial charge in [-0.1, -0.05) is 6.92 Å². The SMILES string of the molecule is CCC(Nc1snc(N)c1C(=O)NC(C)C)c1ncc[nH]1. The lowest BCUT2D eigenvalue weighted by molar-refractivity contribution is 0.0945. The van der Waals surface area contributed by atoms with E-state index in [0.717, 1.165) is 12.2 Å². The Labute approximate surface area is 127 Å². The van der Waals surface area contributed by atoms with Crippen LogP contribution in [0.25, 0.3) is 0 Å². The van der Waals surface area contributed by atoms with E-state index in [1.807, 2.05) is 20.8 Å². The number of anilines is 2. The Hall–Kier alpha value is -2.09. The molecule has 2 aromatic heterocycles. The van der Waals surface area contributed by atoms with Crippen molar-refractivity contribution in [3.05, 3.63) is 23.8 Å². The maximum Gasteiger partial charge on any atom is 0.258 e. The van der Waals surface area contributed by atoms with Crippen molar-refractivity contribution in [2.75, 3.05) is 11.1 Å². The van der Waals surface area contributed by atoms with Crippen molar-refractivity contribution >= 4 is 28.3 Å². The van der Waals surface area contributed by atoms with Crippen molar-refractivity contribution in [3.8, 4) is 0 Å². The molecule has 0 radical (unpaired) electrons. The molecule has 2 heterocycles. The second kappa shape index (κ2) is 6.57. The average molecular weight is 308 g/mol. The molecule has 8 heteroatoms. The molecule has 1 atom stereocenters. The van der Waals surface area contributed by atoms with E-state index in [-0.39, 0.29) is 23.8 Å². The quantitative estimate of drug-likeness (QED) is 0.654. The van der Waals surface area contributed by atoms with Crippen LogP contribution in [0, 0.1) is 0 Å². The molecule has 0 bridgehead atoms. The van der Waals surface area contributed by atoms with E-state index in [0.29, 0.717) is 10.6 Å². The van der Waals surface area contributed by atoms with Crippen LogP contribution in [-0.2, 0) is 0 Å². The summed E-state index contributed by atoms with van der Waals surface area (Å²) in [6.45, 7) is 5.84. The van der Waals surface area contributed by atoms with E-state index in [9.17, 15) is 4.79 Å². The van der Waals surface area contributed by atoms with Crippen molar-refractivity contribution in [3.63, 3.8) is 0 Å². The van der Waals surface area contributed by atoms with Gasteiger partial charge in [-0.05, 0) is 31.8 Å². The summed E-state index contributed by atoms with van der Waals surface area (Å²) in [5.41, 5.74) is 6.23. The molecule has 114 valence electrons. The Morgan fingerprint density at radius 3 is 2.86 bits per heavy atom. The highest BCUT2D eigenvalue weighted by molar-refractivity contribution is 7.11. The average Bonchev–Trinajstić information content (AvgIpc) is 3.04. The molecule has 2 aromatic rings. The number of amides is 1. The predicted molar refractivity (Wildman–Crippen MR) is 84.4 cm³/mol. The molecular formula is C13H20N6OS. The summed E-state index contributed by atoms with van der Waals surface area (Å²) in [5, 5.41) is 6.79. The van der Waals surface area contributed by atoms with Gasteiger partial charge in [0, 0.05) is 18.4 Å². The molecular weight excluding hydrogens is 288 g/mol. The van der Waals surface area contributed by atoms with Crippen LogP contribution >= 0.6 is 11.5 Å². The number of H-pyrrole nitrogens is 1. The summed E-state index contributed by atoms with van der Waals surface area (Å²) in [4.78, 5) is 19.5. The normalized spacial score (nSPS) is 12.4. The van der Waals surface area contributed by atoms with Gasteiger partial charge in [0.1, 0.15) is 16.4 Å². The van der Waals surface area contributed by atoms with Crippen molar-refractivity contribution < 1.29 is 4.79 Å². The summed E-state index contributed by atoms with van der Waals surface area (Å²) in [7, 11) is 0. The highest BCUT2D eigenvalue weighted by Gasteiger charge is 2.22. The van der Waals surface area contributed by atoms with Crippen LogP contribution in [0.1, 0.15) is 49.4 Å². The van der Waals surface area contributed by atoms with Crippen molar-refractivity contribution in [1.82, 2.24) is 19.7 Å². The molecule has 1 unspecified atom stereocenters. The molecule has 1 amide bonds. The minimum atomic E-state index is -0.215. The minimum absolute atomic E-state index is 0.0227. The first-order valence-electron chi connectivity index (χ1n) is 6.84. The predicted octanol–water partition coefficient (Wildman–Crippen LogP) is 2.15. The monoisotopic (exact) mass is 308 g/mol. The molecule has 5 N–H and O–H groups in total. The Kier molecular flexibility index (Phi) is 4.79.